The van der Waals surface area contributed by atoms with E-state index in [1.54, 1.807) is 23.7 Å². The molecule has 1 aromatic heterocycles. The van der Waals surface area contributed by atoms with Crippen molar-refractivity contribution in [2.45, 2.75) is 37.1 Å². The van der Waals surface area contributed by atoms with Crippen LogP contribution in [0.1, 0.15) is 35.8 Å². The van der Waals surface area contributed by atoms with Gasteiger partial charge in [-0.3, -0.25) is 4.79 Å². The zero-order valence-electron chi connectivity index (χ0n) is 14.0. The number of benzene rings is 1. The first-order valence-corrected chi connectivity index (χ1v) is 10.6. The topological polar surface area (TPSA) is 79.4 Å². The van der Waals surface area contributed by atoms with E-state index in [2.05, 4.69) is 10.3 Å². The summed E-state index contributed by atoms with van der Waals surface area (Å²) in [7, 11) is -3.56. The van der Waals surface area contributed by atoms with Gasteiger partial charge in [-0.15, -0.1) is 11.3 Å². The van der Waals surface area contributed by atoms with Gasteiger partial charge < -0.3 is 5.32 Å². The summed E-state index contributed by atoms with van der Waals surface area (Å²) in [6.07, 6.45) is 2.39. The van der Waals surface area contributed by atoms with Gasteiger partial charge in [0.25, 0.3) is 5.91 Å². The third-order valence-corrected chi connectivity index (χ3v) is 6.99. The Hall–Kier alpha value is -1.77. The molecule has 0 aliphatic carbocycles. The monoisotopic (exact) mass is 379 g/mol. The Kier molecular flexibility index (Phi) is 5.51. The second kappa shape index (κ2) is 7.63. The molecular formula is C17H21N3O3S2. The number of nitrogens with zero attached hydrogens (tertiary/aromatic N) is 2. The fraction of sp³-hybridized carbons (Fsp3) is 0.412. The van der Waals surface area contributed by atoms with Gasteiger partial charge in [-0.05, 0) is 38.0 Å². The number of rotatable bonds is 6. The van der Waals surface area contributed by atoms with Gasteiger partial charge >= 0.3 is 0 Å². The molecular weight excluding hydrogens is 358 g/mol. The Morgan fingerprint density at radius 1 is 1.44 bits per heavy atom. The Bertz CT molecular complexity index is 835. The number of hydrogen-bond acceptors (Lipinski definition) is 5. The highest BCUT2D eigenvalue weighted by Gasteiger charge is 2.32. The van der Waals surface area contributed by atoms with Crippen molar-refractivity contribution in [3.05, 3.63) is 46.4 Å². The molecule has 6 nitrogen and oxygen atoms in total. The standard InChI is InChI=1S/C17H21N3O3S2/c1-13-4-3-9-20(13)25(22,23)16-6-2-5-14(10-16)17(21)18-8-7-15-11-24-12-19-15/h2,5-6,10-13H,3-4,7-9H2,1H3,(H,18,21). The number of carbonyl (C=O) groups excluding carboxylic acids is 1. The maximum Gasteiger partial charge on any atom is 0.251 e. The highest BCUT2D eigenvalue weighted by molar-refractivity contribution is 7.89. The van der Waals surface area contributed by atoms with E-state index in [9.17, 15) is 13.2 Å². The van der Waals surface area contributed by atoms with Crippen LogP contribution in [0, 0.1) is 0 Å². The molecule has 8 heteroatoms. The zero-order chi connectivity index (χ0) is 17.9. The van der Waals surface area contributed by atoms with E-state index >= 15 is 0 Å². The molecule has 0 spiro atoms. The van der Waals surface area contributed by atoms with Gasteiger partial charge in [0.05, 0.1) is 16.1 Å². The molecule has 1 unspecified atom stereocenters. The smallest absolute Gasteiger partial charge is 0.251 e. The maximum absolute atomic E-state index is 12.8. The average Bonchev–Trinajstić information content (AvgIpc) is 3.26. The fourth-order valence-electron chi connectivity index (χ4n) is 2.96. The maximum atomic E-state index is 12.8. The van der Waals surface area contributed by atoms with Gasteiger partial charge in [-0.2, -0.15) is 4.31 Å². The Labute approximate surface area is 151 Å². The van der Waals surface area contributed by atoms with Crippen LogP contribution < -0.4 is 5.32 Å². The SMILES string of the molecule is CC1CCCN1S(=O)(=O)c1cccc(C(=O)NCCc2cscn2)c1. The summed E-state index contributed by atoms with van der Waals surface area (Å²) < 4.78 is 27.1. The molecule has 1 aliphatic rings. The summed E-state index contributed by atoms with van der Waals surface area (Å²) in [5.41, 5.74) is 3.04. The van der Waals surface area contributed by atoms with Gasteiger partial charge in [-0.25, -0.2) is 13.4 Å². The minimum atomic E-state index is -3.56. The molecule has 1 aliphatic heterocycles. The van der Waals surface area contributed by atoms with Gasteiger partial charge in [-0.1, -0.05) is 6.07 Å². The highest BCUT2D eigenvalue weighted by Crippen LogP contribution is 2.26. The number of nitrogens with one attached hydrogen (secondary N) is 1. The Morgan fingerprint density at radius 3 is 2.96 bits per heavy atom. The van der Waals surface area contributed by atoms with Crippen molar-refractivity contribution in [1.82, 2.24) is 14.6 Å². The van der Waals surface area contributed by atoms with Crippen LogP contribution in [0.3, 0.4) is 0 Å². The number of amides is 1. The summed E-state index contributed by atoms with van der Waals surface area (Å²) in [6.45, 7) is 2.91. The number of aromatic nitrogens is 1. The molecule has 25 heavy (non-hydrogen) atoms. The lowest BCUT2D eigenvalue weighted by Gasteiger charge is -2.21. The van der Waals surface area contributed by atoms with Crippen molar-refractivity contribution in [2.24, 2.45) is 0 Å². The summed E-state index contributed by atoms with van der Waals surface area (Å²) in [4.78, 5) is 16.6. The molecule has 1 fully saturated rings. The second-order valence-electron chi connectivity index (χ2n) is 6.12. The Balaban J connectivity index is 1.69. The summed E-state index contributed by atoms with van der Waals surface area (Å²) in [6, 6.07) is 6.25. The molecule has 3 rings (SSSR count). The molecule has 1 amide bonds. The number of thiazole rings is 1. The van der Waals surface area contributed by atoms with Gasteiger partial charge in [0, 0.05) is 36.5 Å². The van der Waals surface area contributed by atoms with Crippen LogP contribution in [0.5, 0.6) is 0 Å². The van der Waals surface area contributed by atoms with E-state index in [0.717, 1.165) is 18.5 Å². The fourth-order valence-corrected chi connectivity index (χ4v) is 5.30. The molecule has 0 bridgehead atoms. The van der Waals surface area contributed by atoms with Crippen molar-refractivity contribution in [2.75, 3.05) is 13.1 Å². The van der Waals surface area contributed by atoms with Crippen molar-refractivity contribution < 1.29 is 13.2 Å². The third kappa shape index (κ3) is 4.08. The molecule has 1 aromatic carbocycles. The molecule has 1 N–H and O–H groups in total. The first-order chi connectivity index (χ1) is 12.0. The van der Waals surface area contributed by atoms with Crippen molar-refractivity contribution in [3.63, 3.8) is 0 Å². The van der Waals surface area contributed by atoms with E-state index in [1.165, 1.54) is 21.7 Å². The van der Waals surface area contributed by atoms with Gasteiger partial charge in [0.1, 0.15) is 0 Å². The van der Waals surface area contributed by atoms with E-state index in [4.69, 9.17) is 0 Å². The molecule has 1 atom stereocenters. The van der Waals surface area contributed by atoms with Crippen LogP contribution in [-0.4, -0.2) is 42.7 Å². The molecule has 1 saturated heterocycles. The van der Waals surface area contributed by atoms with Crippen LogP contribution in [0.4, 0.5) is 0 Å². The number of sulfonamides is 1. The minimum Gasteiger partial charge on any atom is -0.352 e. The van der Waals surface area contributed by atoms with E-state index < -0.39 is 10.0 Å². The van der Waals surface area contributed by atoms with Crippen LogP contribution >= 0.6 is 11.3 Å². The predicted molar refractivity (Wildman–Crippen MR) is 97.2 cm³/mol. The minimum absolute atomic E-state index is 0.000550. The van der Waals surface area contributed by atoms with Crippen LogP contribution in [0.2, 0.25) is 0 Å². The molecule has 0 saturated carbocycles. The average molecular weight is 380 g/mol. The molecule has 0 radical (unpaired) electrons. The lowest BCUT2D eigenvalue weighted by molar-refractivity contribution is 0.0954. The molecule has 2 aromatic rings. The van der Waals surface area contributed by atoms with Crippen LogP contribution in [0.15, 0.2) is 40.1 Å². The molecule has 134 valence electrons. The van der Waals surface area contributed by atoms with E-state index in [1.807, 2.05) is 12.3 Å². The third-order valence-electron chi connectivity index (χ3n) is 4.34. The number of hydrogen-bond donors (Lipinski definition) is 1. The van der Waals surface area contributed by atoms with Crippen molar-refractivity contribution >= 4 is 27.3 Å². The van der Waals surface area contributed by atoms with Crippen molar-refractivity contribution in [1.29, 1.82) is 0 Å². The van der Waals surface area contributed by atoms with E-state index in [0.29, 0.717) is 25.1 Å². The summed E-state index contributed by atoms with van der Waals surface area (Å²) in [5.74, 6) is -0.276. The highest BCUT2D eigenvalue weighted by atomic mass is 32.2. The Morgan fingerprint density at radius 2 is 2.28 bits per heavy atom. The lowest BCUT2D eigenvalue weighted by atomic mass is 10.2. The predicted octanol–water partition coefficient (Wildman–Crippen LogP) is 2.29. The number of carbonyl (C=O) groups is 1. The molecule has 2 heterocycles. The van der Waals surface area contributed by atoms with Crippen LogP contribution in [-0.2, 0) is 16.4 Å². The first kappa shape index (κ1) is 18.0. The first-order valence-electron chi connectivity index (χ1n) is 8.25. The van der Waals surface area contributed by atoms with Crippen LogP contribution in [0.25, 0.3) is 0 Å². The van der Waals surface area contributed by atoms with Crippen molar-refractivity contribution in [3.8, 4) is 0 Å². The quantitative estimate of drug-likeness (QED) is 0.835. The summed E-state index contributed by atoms with van der Waals surface area (Å²) in [5, 5.41) is 4.75. The lowest BCUT2D eigenvalue weighted by Crippen LogP contribution is -2.34. The van der Waals surface area contributed by atoms with Gasteiger partial charge in [0.2, 0.25) is 10.0 Å². The largest absolute Gasteiger partial charge is 0.352 e. The normalized spacial score (nSPS) is 18.4. The zero-order valence-corrected chi connectivity index (χ0v) is 15.6. The van der Waals surface area contributed by atoms with Gasteiger partial charge in [0.15, 0.2) is 0 Å². The second-order valence-corrected chi connectivity index (χ2v) is 8.73. The summed E-state index contributed by atoms with van der Waals surface area (Å²) >= 11 is 1.52. The van der Waals surface area contributed by atoms with E-state index in [-0.39, 0.29) is 16.8 Å².